The van der Waals surface area contributed by atoms with Gasteiger partial charge in [-0.3, -0.25) is 0 Å². The van der Waals surface area contributed by atoms with Crippen molar-refractivity contribution in [2.75, 3.05) is 6.54 Å². The molecule has 21 heavy (non-hydrogen) atoms. The van der Waals surface area contributed by atoms with Gasteiger partial charge in [0, 0.05) is 6.54 Å². The zero-order valence-corrected chi connectivity index (χ0v) is 11.9. The standard InChI is InChI=1S/C14H13N3O3S/c18-21(19,15-10-9-11-5-2-1-3-6-11)13-8-4-7-12-14(13)17-20-16-12/h1-8,15H,9-10H2. The van der Waals surface area contributed by atoms with Gasteiger partial charge in [0.25, 0.3) is 0 Å². The molecule has 0 aliphatic rings. The summed E-state index contributed by atoms with van der Waals surface area (Å²) in [7, 11) is -3.64. The van der Waals surface area contributed by atoms with Crippen LogP contribution in [0.1, 0.15) is 5.56 Å². The van der Waals surface area contributed by atoms with Crippen molar-refractivity contribution in [1.82, 2.24) is 15.0 Å². The van der Waals surface area contributed by atoms with E-state index in [1.807, 2.05) is 30.3 Å². The first-order valence-electron chi connectivity index (χ1n) is 6.42. The van der Waals surface area contributed by atoms with Crippen LogP contribution in [-0.2, 0) is 16.4 Å². The highest BCUT2D eigenvalue weighted by Crippen LogP contribution is 2.19. The highest BCUT2D eigenvalue weighted by Gasteiger charge is 2.19. The fourth-order valence-electron chi connectivity index (χ4n) is 2.05. The third-order valence-corrected chi connectivity index (χ3v) is 4.58. The van der Waals surface area contributed by atoms with Gasteiger partial charge in [-0.05, 0) is 34.4 Å². The molecule has 0 radical (unpaired) electrons. The van der Waals surface area contributed by atoms with Crippen LogP contribution in [0.3, 0.4) is 0 Å². The lowest BCUT2D eigenvalue weighted by atomic mass is 10.2. The maximum absolute atomic E-state index is 12.3. The Morgan fingerprint density at radius 3 is 2.62 bits per heavy atom. The molecule has 0 spiro atoms. The summed E-state index contributed by atoms with van der Waals surface area (Å²) in [5.41, 5.74) is 1.73. The Labute approximate surface area is 121 Å². The predicted octanol–water partition coefficient (Wildman–Crippen LogP) is 1.74. The second kappa shape index (κ2) is 5.63. The lowest BCUT2D eigenvalue weighted by Gasteiger charge is -2.06. The Kier molecular flexibility index (Phi) is 3.68. The zero-order valence-electron chi connectivity index (χ0n) is 11.1. The minimum Gasteiger partial charge on any atom is -0.243 e. The summed E-state index contributed by atoms with van der Waals surface area (Å²) in [5.74, 6) is 0. The molecule has 0 bridgehead atoms. The normalized spacial score (nSPS) is 11.8. The summed E-state index contributed by atoms with van der Waals surface area (Å²) in [6, 6.07) is 14.4. The average molecular weight is 303 g/mol. The quantitative estimate of drug-likeness (QED) is 0.776. The van der Waals surface area contributed by atoms with Gasteiger partial charge < -0.3 is 0 Å². The van der Waals surface area contributed by atoms with Crippen molar-refractivity contribution in [3.05, 3.63) is 54.1 Å². The fraction of sp³-hybridized carbons (Fsp3) is 0.143. The second-order valence-corrected chi connectivity index (χ2v) is 6.26. The van der Waals surface area contributed by atoms with Crippen molar-refractivity contribution in [3.8, 4) is 0 Å². The highest BCUT2D eigenvalue weighted by molar-refractivity contribution is 7.89. The van der Waals surface area contributed by atoms with Gasteiger partial charge >= 0.3 is 0 Å². The Bertz CT molecular complexity index is 844. The van der Waals surface area contributed by atoms with Gasteiger partial charge in [0.05, 0.1) is 0 Å². The van der Waals surface area contributed by atoms with Crippen molar-refractivity contribution >= 4 is 21.1 Å². The lowest BCUT2D eigenvalue weighted by Crippen LogP contribution is -2.26. The molecule has 0 unspecified atom stereocenters. The van der Waals surface area contributed by atoms with E-state index >= 15 is 0 Å². The molecule has 1 heterocycles. The van der Waals surface area contributed by atoms with Gasteiger partial charge in [-0.1, -0.05) is 36.4 Å². The molecule has 0 saturated heterocycles. The Hall–Kier alpha value is -2.25. The lowest BCUT2D eigenvalue weighted by molar-refractivity contribution is 0.315. The third-order valence-electron chi connectivity index (χ3n) is 3.09. The van der Waals surface area contributed by atoms with Crippen molar-refractivity contribution in [2.45, 2.75) is 11.3 Å². The Balaban J connectivity index is 1.77. The number of sulfonamides is 1. The SMILES string of the molecule is O=S(=O)(NCCc1ccccc1)c1cccc2nonc12. The topological polar surface area (TPSA) is 85.1 Å². The first-order chi connectivity index (χ1) is 10.2. The number of nitrogens with one attached hydrogen (secondary N) is 1. The Morgan fingerprint density at radius 1 is 1.00 bits per heavy atom. The zero-order chi connectivity index (χ0) is 14.7. The average Bonchev–Trinajstić information content (AvgIpc) is 2.96. The van der Waals surface area contributed by atoms with Crippen LogP contribution >= 0.6 is 0 Å². The van der Waals surface area contributed by atoms with E-state index in [0.29, 0.717) is 18.5 Å². The van der Waals surface area contributed by atoms with Crippen LogP contribution in [0.25, 0.3) is 11.0 Å². The van der Waals surface area contributed by atoms with Crippen LogP contribution < -0.4 is 4.72 Å². The van der Waals surface area contributed by atoms with Gasteiger partial charge in [0.1, 0.15) is 10.4 Å². The van der Waals surface area contributed by atoms with E-state index in [-0.39, 0.29) is 10.4 Å². The summed E-state index contributed by atoms with van der Waals surface area (Å²) >= 11 is 0. The van der Waals surface area contributed by atoms with Crippen molar-refractivity contribution in [1.29, 1.82) is 0 Å². The molecule has 7 heteroatoms. The van der Waals surface area contributed by atoms with Crippen LogP contribution in [0.5, 0.6) is 0 Å². The molecule has 0 amide bonds. The van der Waals surface area contributed by atoms with E-state index < -0.39 is 10.0 Å². The van der Waals surface area contributed by atoms with Gasteiger partial charge in [0.15, 0.2) is 5.52 Å². The van der Waals surface area contributed by atoms with E-state index in [0.717, 1.165) is 5.56 Å². The van der Waals surface area contributed by atoms with Crippen LogP contribution in [0.15, 0.2) is 58.1 Å². The molecule has 0 aliphatic heterocycles. The number of hydrogen-bond donors (Lipinski definition) is 1. The number of hydrogen-bond acceptors (Lipinski definition) is 5. The number of nitrogens with zero attached hydrogens (tertiary/aromatic N) is 2. The van der Waals surface area contributed by atoms with E-state index in [4.69, 9.17) is 0 Å². The maximum Gasteiger partial charge on any atom is 0.242 e. The minimum atomic E-state index is -3.64. The predicted molar refractivity (Wildman–Crippen MR) is 77.1 cm³/mol. The van der Waals surface area contributed by atoms with Gasteiger partial charge in [-0.25, -0.2) is 17.8 Å². The van der Waals surface area contributed by atoms with Crippen molar-refractivity contribution in [3.63, 3.8) is 0 Å². The van der Waals surface area contributed by atoms with Gasteiger partial charge in [-0.15, -0.1) is 0 Å². The first kappa shape index (κ1) is 13.7. The van der Waals surface area contributed by atoms with Crippen LogP contribution in [0.4, 0.5) is 0 Å². The molecule has 3 aromatic rings. The molecule has 0 aliphatic carbocycles. The molecule has 3 rings (SSSR count). The van der Waals surface area contributed by atoms with E-state index in [2.05, 4.69) is 19.7 Å². The van der Waals surface area contributed by atoms with Crippen molar-refractivity contribution < 1.29 is 13.0 Å². The fourth-order valence-corrected chi connectivity index (χ4v) is 3.23. The molecule has 1 N–H and O–H groups in total. The molecule has 108 valence electrons. The monoisotopic (exact) mass is 303 g/mol. The molecule has 6 nitrogen and oxygen atoms in total. The van der Waals surface area contributed by atoms with E-state index in [9.17, 15) is 8.42 Å². The largest absolute Gasteiger partial charge is 0.243 e. The van der Waals surface area contributed by atoms with Gasteiger partial charge in [0.2, 0.25) is 10.0 Å². The molecular formula is C14H13N3O3S. The molecular weight excluding hydrogens is 290 g/mol. The van der Waals surface area contributed by atoms with E-state index in [1.54, 1.807) is 12.1 Å². The number of fused-ring (bicyclic) bond motifs is 1. The molecule has 0 saturated carbocycles. The van der Waals surface area contributed by atoms with Crippen LogP contribution in [-0.4, -0.2) is 25.3 Å². The molecule has 2 aromatic carbocycles. The molecule has 1 aromatic heterocycles. The summed E-state index contributed by atoms with van der Waals surface area (Å²) in [6.45, 7) is 0.314. The summed E-state index contributed by atoms with van der Waals surface area (Å²) < 4.78 is 31.8. The first-order valence-corrected chi connectivity index (χ1v) is 7.90. The molecule has 0 atom stereocenters. The number of benzene rings is 2. The minimum absolute atomic E-state index is 0.0781. The summed E-state index contributed by atoms with van der Waals surface area (Å²) in [6.07, 6.45) is 0.618. The van der Waals surface area contributed by atoms with E-state index in [1.165, 1.54) is 6.07 Å². The van der Waals surface area contributed by atoms with Crippen LogP contribution in [0, 0.1) is 0 Å². The Morgan fingerprint density at radius 2 is 1.81 bits per heavy atom. The van der Waals surface area contributed by atoms with Crippen molar-refractivity contribution in [2.24, 2.45) is 0 Å². The smallest absolute Gasteiger partial charge is 0.242 e. The third kappa shape index (κ3) is 2.93. The highest BCUT2D eigenvalue weighted by atomic mass is 32.2. The second-order valence-electron chi connectivity index (χ2n) is 4.52. The number of aromatic nitrogens is 2. The number of rotatable bonds is 5. The maximum atomic E-state index is 12.3. The summed E-state index contributed by atoms with van der Waals surface area (Å²) in [4.78, 5) is 0.0781. The molecule has 0 fully saturated rings. The van der Waals surface area contributed by atoms with Crippen LogP contribution in [0.2, 0.25) is 0 Å². The van der Waals surface area contributed by atoms with Gasteiger partial charge in [-0.2, -0.15) is 0 Å². The summed E-state index contributed by atoms with van der Waals surface area (Å²) in [5, 5.41) is 7.29.